The molecule has 4 N–H and O–H groups in total. The van der Waals surface area contributed by atoms with Crippen LogP contribution < -0.4 is 16.0 Å². The zero-order chi connectivity index (χ0) is 29.5. The van der Waals surface area contributed by atoms with Gasteiger partial charge in [-0.2, -0.15) is 0 Å². The number of nitrogens with one attached hydrogen (secondary N) is 3. The van der Waals surface area contributed by atoms with Crippen LogP contribution in [-0.2, 0) is 24.2 Å². The number of hydrogen-bond acceptors (Lipinski definition) is 6. The summed E-state index contributed by atoms with van der Waals surface area (Å²) in [5.74, 6) is -0.778. The summed E-state index contributed by atoms with van der Waals surface area (Å²) in [4.78, 5) is 20.0. The van der Waals surface area contributed by atoms with Crippen LogP contribution in [-0.4, -0.2) is 69.8 Å². The van der Waals surface area contributed by atoms with Crippen molar-refractivity contribution in [2.45, 2.75) is 76.6 Å². The van der Waals surface area contributed by atoms with Crippen molar-refractivity contribution >= 4 is 11.7 Å². The van der Waals surface area contributed by atoms with Crippen LogP contribution in [0.25, 0.3) is 5.69 Å². The number of amides is 1. The number of piperidine rings is 1. The zero-order valence-corrected chi connectivity index (χ0v) is 24.3. The smallest absolute Gasteiger partial charge is 0.242 e. The van der Waals surface area contributed by atoms with Crippen LogP contribution in [0.5, 0.6) is 0 Å². The van der Waals surface area contributed by atoms with Gasteiger partial charge in [-0.05, 0) is 73.9 Å². The van der Waals surface area contributed by atoms with E-state index in [1.807, 2.05) is 35.9 Å². The number of hydrogen-bond donors (Lipinski definition) is 4. The maximum absolute atomic E-state index is 14.4. The molecule has 226 valence electrons. The molecule has 8 nitrogen and oxygen atoms in total. The highest BCUT2D eigenvalue weighted by Crippen LogP contribution is 2.26. The van der Waals surface area contributed by atoms with Crippen LogP contribution in [0, 0.1) is 11.6 Å². The van der Waals surface area contributed by atoms with Gasteiger partial charge in [0.05, 0.1) is 24.0 Å². The van der Waals surface area contributed by atoms with E-state index in [4.69, 9.17) is 0 Å². The van der Waals surface area contributed by atoms with Crippen molar-refractivity contribution in [3.63, 3.8) is 0 Å². The first-order chi connectivity index (χ1) is 20.4. The number of likely N-dealkylation sites (tertiary alicyclic amines) is 1. The topological polar surface area (TPSA) is 94.5 Å². The van der Waals surface area contributed by atoms with Gasteiger partial charge in [0.1, 0.15) is 18.0 Å². The number of aromatic nitrogens is 2. The fraction of sp³-hybridized carbons (Fsp3) is 0.500. The van der Waals surface area contributed by atoms with Gasteiger partial charge in [-0.3, -0.25) is 9.69 Å². The Morgan fingerprint density at radius 2 is 2.07 bits per heavy atom. The minimum Gasteiger partial charge on any atom is -0.392 e. The van der Waals surface area contributed by atoms with E-state index in [1.165, 1.54) is 6.07 Å². The normalized spacial score (nSPS) is 19.8. The molecule has 1 aliphatic heterocycles. The molecule has 2 heterocycles. The molecule has 3 atom stereocenters. The summed E-state index contributed by atoms with van der Waals surface area (Å²) >= 11 is 0. The standard InChI is InChI=1S/C32H42F2N6O2/c1-2-6-29(37-25-11-10-22-15-24(33)16-28(34)27(22)17-25)32(42)38-31-20-40(21-36-31)30-9-4-3-7-23(30)18-35-12-14-39-13-5-8-26(41)19-39/h3-4,7,9,15-16,20-21,25-26,29,35,37,41H,2,5-6,8,10-14,17-19H2,1H3,(H,38,42)/t25?,26?,29-/m0/s1. The minimum atomic E-state index is -0.548. The molecule has 1 aromatic heterocycles. The van der Waals surface area contributed by atoms with Gasteiger partial charge in [0.2, 0.25) is 5.91 Å². The van der Waals surface area contributed by atoms with Crippen LogP contribution in [0.1, 0.15) is 55.7 Å². The largest absolute Gasteiger partial charge is 0.392 e. The number of carbonyl (C=O) groups excluding carboxylic acids is 1. The molecule has 5 rings (SSSR count). The second-order valence-electron chi connectivity index (χ2n) is 11.5. The van der Waals surface area contributed by atoms with Crippen LogP contribution in [0.2, 0.25) is 0 Å². The molecule has 2 aromatic carbocycles. The molecular weight excluding hydrogens is 538 g/mol. The van der Waals surface area contributed by atoms with E-state index in [0.717, 1.165) is 62.8 Å². The monoisotopic (exact) mass is 580 g/mol. The van der Waals surface area contributed by atoms with Crippen LogP contribution >= 0.6 is 0 Å². The van der Waals surface area contributed by atoms with Crippen molar-refractivity contribution in [1.82, 2.24) is 25.1 Å². The number of rotatable bonds is 12. The minimum absolute atomic E-state index is 0.0725. The number of aliphatic hydroxyl groups is 1. The average Bonchev–Trinajstić information content (AvgIpc) is 3.44. The highest BCUT2D eigenvalue weighted by atomic mass is 19.1. The summed E-state index contributed by atoms with van der Waals surface area (Å²) in [7, 11) is 0. The molecule has 42 heavy (non-hydrogen) atoms. The quantitative estimate of drug-likeness (QED) is 0.243. The molecule has 3 aromatic rings. The number of aryl methyl sites for hydroxylation is 1. The Bertz CT molecular complexity index is 1350. The zero-order valence-electron chi connectivity index (χ0n) is 24.3. The maximum atomic E-state index is 14.4. The first-order valence-corrected chi connectivity index (χ1v) is 15.2. The van der Waals surface area contributed by atoms with Gasteiger partial charge in [0, 0.05) is 38.3 Å². The Morgan fingerprint density at radius 3 is 2.90 bits per heavy atom. The third kappa shape index (κ3) is 7.80. The molecule has 0 radical (unpaired) electrons. The summed E-state index contributed by atoms with van der Waals surface area (Å²) in [5, 5.41) is 19.8. The van der Waals surface area contributed by atoms with Gasteiger partial charge in [0.25, 0.3) is 0 Å². The number of para-hydroxylation sites is 1. The molecule has 2 aliphatic rings. The molecule has 1 saturated heterocycles. The molecule has 0 bridgehead atoms. The second kappa shape index (κ2) is 14.3. The SMILES string of the molecule is CCC[C@H](NC1CCc2cc(F)cc(F)c2C1)C(=O)Nc1cn(-c2ccccc2CNCCN2CCCC(O)C2)cn1. The Kier molecular flexibility index (Phi) is 10.3. The molecule has 0 spiro atoms. The van der Waals surface area contributed by atoms with Gasteiger partial charge in [-0.25, -0.2) is 13.8 Å². The van der Waals surface area contributed by atoms with Crippen molar-refractivity contribution in [2.75, 3.05) is 31.5 Å². The van der Waals surface area contributed by atoms with Crippen molar-refractivity contribution in [2.24, 2.45) is 0 Å². The summed E-state index contributed by atoms with van der Waals surface area (Å²) in [6.07, 6.45) is 8.37. The Morgan fingerprint density at radius 1 is 1.21 bits per heavy atom. The van der Waals surface area contributed by atoms with Crippen molar-refractivity contribution in [3.05, 3.63) is 77.2 Å². The van der Waals surface area contributed by atoms with E-state index in [-0.39, 0.29) is 18.1 Å². The Labute approximate surface area is 246 Å². The molecule has 10 heteroatoms. The molecule has 1 amide bonds. The highest BCUT2D eigenvalue weighted by Gasteiger charge is 2.27. The summed E-state index contributed by atoms with van der Waals surface area (Å²) < 4.78 is 30.0. The first kappa shape index (κ1) is 30.3. The number of β-amino-alcohol motifs (C(OH)–C–C–N with tert-alkyl or cyclic N) is 1. The summed E-state index contributed by atoms with van der Waals surface area (Å²) in [6, 6.07) is 9.91. The third-order valence-electron chi connectivity index (χ3n) is 8.30. The Hall–Kier alpha value is -3.18. The maximum Gasteiger partial charge on any atom is 0.242 e. The van der Waals surface area contributed by atoms with Gasteiger partial charge < -0.3 is 25.6 Å². The second-order valence-corrected chi connectivity index (χ2v) is 11.5. The van der Waals surface area contributed by atoms with Crippen molar-refractivity contribution < 1.29 is 18.7 Å². The number of aliphatic hydroxyl groups excluding tert-OH is 1. The number of halogens is 2. The highest BCUT2D eigenvalue weighted by molar-refractivity contribution is 5.94. The van der Waals surface area contributed by atoms with Crippen LogP contribution in [0.15, 0.2) is 48.9 Å². The number of benzene rings is 2. The molecule has 1 aliphatic carbocycles. The van der Waals surface area contributed by atoms with Gasteiger partial charge in [-0.1, -0.05) is 31.5 Å². The van der Waals surface area contributed by atoms with Crippen molar-refractivity contribution in [1.29, 1.82) is 0 Å². The number of fused-ring (bicyclic) bond motifs is 1. The predicted molar refractivity (Wildman–Crippen MR) is 160 cm³/mol. The summed E-state index contributed by atoms with van der Waals surface area (Å²) in [6.45, 7) is 6.21. The molecule has 0 saturated carbocycles. The molecule has 2 unspecified atom stereocenters. The number of nitrogens with zero attached hydrogens (tertiary/aromatic N) is 3. The number of carbonyl (C=O) groups is 1. The lowest BCUT2D eigenvalue weighted by molar-refractivity contribution is -0.118. The lowest BCUT2D eigenvalue weighted by atomic mass is 9.87. The first-order valence-electron chi connectivity index (χ1n) is 15.2. The lowest BCUT2D eigenvalue weighted by Gasteiger charge is -2.29. The van der Waals surface area contributed by atoms with Crippen LogP contribution in [0.3, 0.4) is 0 Å². The van der Waals surface area contributed by atoms with E-state index < -0.39 is 17.7 Å². The van der Waals surface area contributed by atoms with E-state index in [9.17, 15) is 18.7 Å². The van der Waals surface area contributed by atoms with Crippen molar-refractivity contribution in [3.8, 4) is 5.69 Å². The summed E-state index contributed by atoms with van der Waals surface area (Å²) in [5.41, 5.74) is 3.34. The van der Waals surface area contributed by atoms with E-state index >= 15 is 0 Å². The third-order valence-corrected chi connectivity index (χ3v) is 8.30. The molecular formula is C32H42F2N6O2. The van der Waals surface area contributed by atoms with Gasteiger partial charge in [0.15, 0.2) is 5.82 Å². The average molecular weight is 581 g/mol. The Balaban J connectivity index is 1.17. The lowest BCUT2D eigenvalue weighted by Crippen LogP contribution is -2.48. The van der Waals surface area contributed by atoms with E-state index in [1.54, 1.807) is 6.33 Å². The predicted octanol–water partition coefficient (Wildman–Crippen LogP) is 3.95. The number of imidazole rings is 1. The number of anilines is 1. The fourth-order valence-electron chi connectivity index (χ4n) is 6.13. The van der Waals surface area contributed by atoms with Crippen LogP contribution in [0.4, 0.5) is 14.6 Å². The fourth-order valence-corrected chi connectivity index (χ4v) is 6.13. The van der Waals surface area contributed by atoms with Gasteiger partial charge >= 0.3 is 0 Å². The van der Waals surface area contributed by atoms with Gasteiger partial charge in [-0.15, -0.1) is 0 Å². The van der Waals surface area contributed by atoms with E-state index in [0.29, 0.717) is 49.2 Å². The van der Waals surface area contributed by atoms with E-state index in [2.05, 4.69) is 31.9 Å². The molecule has 1 fully saturated rings.